The average Bonchev–Trinajstić information content (AvgIpc) is 2.81. The van der Waals surface area contributed by atoms with Crippen LogP contribution in [0.5, 0.6) is 0 Å². The first-order valence-corrected chi connectivity index (χ1v) is 6.01. The van der Waals surface area contributed by atoms with Gasteiger partial charge in [0.25, 0.3) is 0 Å². The number of nitro groups is 1. The van der Waals surface area contributed by atoms with Crippen LogP contribution in [0.3, 0.4) is 0 Å². The van der Waals surface area contributed by atoms with Crippen molar-refractivity contribution in [3.63, 3.8) is 0 Å². The molecule has 1 saturated carbocycles. The first kappa shape index (κ1) is 13.4. The summed E-state index contributed by atoms with van der Waals surface area (Å²) in [6.45, 7) is 0.434. The molecule has 0 saturated heterocycles. The molecular weight excluding hydrogens is 252 g/mol. The quantitative estimate of drug-likeness (QED) is 0.338. The molecule has 1 aliphatic rings. The molecular formula is C10H16N6O3. The molecule has 1 heterocycles. The zero-order chi connectivity index (χ0) is 13.8. The smallest absolute Gasteiger partial charge is 0.329 e. The van der Waals surface area contributed by atoms with E-state index in [1.54, 1.807) is 0 Å². The highest BCUT2D eigenvalue weighted by Crippen LogP contribution is 2.27. The number of rotatable bonds is 5. The van der Waals surface area contributed by atoms with Gasteiger partial charge in [0.05, 0.1) is 11.0 Å². The van der Waals surface area contributed by atoms with Crippen molar-refractivity contribution < 1.29 is 10.0 Å². The Morgan fingerprint density at radius 3 is 2.95 bits per heavy atom. The van der Waals surface area contributed by atoms with Gasteiger partial charge in [0.2, 0.25) is 11.8 Å². The van der Waals surface area contributed by atoms with Crippen LogP contribution in [-0.2, 0) is 0 Å². The van der Waals surface area contributed by atoms with Crippen LogP contribution in [0.2, 0.25) is 0 Å². The van der Waals surface area contributed by atoms with Gasteiger partial charge >= 0.3 is 5.69 Å². The molecule has 1 aliphatic carbocycles. The number of aliphatic hydroxyl groups is 1. The summed E-state index contributed by atoms with van der Waals surface area (Å²) >= 11 is 0. The van der Waals surface area contributed by atoms with Crippen molar-refractivity contribution in [2.45, 2.75) is 25.4 Å². The molecule has 9 nitrogen and oxygen atoms in total. The van der Waals surface area contributed by atoms with Crippen molar-refractivity contribution >= 4 is 17.5 Å². The van der Waals surface area contributed by atoms with Gasteiger partial charge in [-0.3, -0.25) is 15.5 Å². The molecule has 1 aromatic rings. The number of nitrogen functional groups attached to an aromatic ring is 1. The summed E-state index contributed by atoms with van der Waals surface area (Å²) in [4.78, 5) is 17.9. The average molecular weight is 268 g/mol. The third-order valence-corrected chi connectivity index (χ3v) is 3.25. The predicted octanol–water partition coefficient (Wildman–Crippen LogP) is 0.243. The van der Waals surface area contributed by atoms with E-state index in [0.29, 0.717) is 6.54 Å². The Bertz CT molecular complexity index is 469. The third-order valence-electron chi connectivity index (χ3n) is 3.25. The Balaban J connectivity index is 2.10. The molecule has 9 heteroatoms. The summed E-state index contributed by atoms with van der Waals surface area (Å²) in [6.07, 6.45) is 3.37. The van der Waals surface area contributed by atoms with Gasteiger partial charge < -0.3 is 10.4 Å². The highest BCUT2D eigenvalue weighted by atomic mass is 16.6. The maximum absolute atomic E-state index is 10.9. The minimum Gasteiger partial charge on any atom is -0.393 e. The largest absolute Gasteiger partial charge is 0.393 e. The molecule has 0 aliphatic heterocycles. The summed E-state index contributed by atoms with van der Waals surface area (Å²) in [7, 11) is 0. The predicted molar refractivity (Wildman–Crippen MR) is 68.3 cm³/mol. The van der Waals surface area contributed by atoms with Gasteiger partial charge in [0.1, 0.15) is 6.20 Å². The van der Waals surface area contributed by atoms with Gasteiger partial charge in [-0.2, -0.15) is 4.98 Å². The zero-order valence-corrected chi connectivity index (χ0v) is 10.2. The number of aliphatic hydroxyl groups excluding tert-OH is 1. The van der Waals surface area contributed by atoms with Crippen LogP contribution < -0.4 is 16.6 Å². The lowest BCUT2D eigenvalue weighted by atomic mass is 10.1. The van der Waals surface area contributed by atoms with E-state index in [1.165, 1.54) is 0 Å². The second-order valence-electron chi connectivity index (χ2n) is 4.47. The number of hydrogen-bond acceptors (Lipinski definition) is 8. The van der Waals surface area contributed by atoms with Crippen molar-refractivity contribution in [2.75, 3.05) is 17.3 Å². The van der Waals surface area contributed by atoms with Crippen LogP contribution in [0, 0.1) is 16.0 Å². The van der Waals surface area contributed by atoms with Gasteiger partial charge in [-0.1, -0.05) is 6.42 Å². The molecule has 0 radical (unpaired) electrons. The van der Waals surface area contributed by atoms with Crippen molar-refractivity contribution in [3.8, 4) is 0 Å². The highest BCUT2D eigenvalue weighted by Gasteiger charge is 2.26. The fourth-order valence-electron chi connectivity index (χ4n) is 2.19. The van der Waals surface area contributed by atoms with Crippen LogP contribution in [0.4, 0.5) is 17.5 Å². The van der Waals surface area contributed by atoms with Gasteiger partial charge in [0, 0.05) is 12.5 Å². The first-order chi connectivity index (χ1) is 9.11. The molecule has 0 bridgehead atoms. The maximum Gasteiger partial charge on any atom is 0.329 e. The highest BCUT2D eigenvalue weighted by molar-refractivity contribution is 5.56. The lowest BCUT2D eigenvalue weighted by Crippen LogP contribution is -2.23. The second kappa shape index (κ2) is 5.76. The summed E-state index contributed by atoms with van der Waals surface area (Å²) in [6, 6.07) is 0. The Morgan fingerprint density at radius 1 is 1.58 bits per heavy atom. The molecule has 0 amide bonds. The molecule has 1 fully saturated rings. The van der Waals surface area contributed by atoms with Crippen LogP contribution in [0.1, 0.15) is 19.3 Å². The number of nitrogens with two attached hydrogens (primary N) is 1. The number of nitrogens with one attached hydrogen (secondary N) is 2. The molecule has 1 aromatic heterocycles. The van der Waals surface area contributed by atoms with E-state index in [9.17, 15) is 15.2 Å². The first-order valence-electron chi connectivity index (χ1n) is 6.01. The Kier molecular flexibility index (Phi) is 4.07. The van der Waals surface area contributed by atoms with Crippen molar-refractivity contribution in [3.05, 3.63) is 16.3 Å². The van der Waals surface area contributed by atoms with Crippen LogP contribution in [-0.4, -0.2) is 32.6 Å². The van der Waals surface area contributed by atoms with Gasteiger partial charge in [0.15, 0.2) is 0 Å². The third kappa shape index (κ3) is 3.06. The Morgan fingerprint density at radius 2 is 2.37 bits per heavy atom. The molecule has 0 aromatic carbocycles. The topological polar surface area (TPSA) is 139 Å². The summed E-state index contributed by atoms with van der Waals surface area (Å²) in [5, 5.41) is 23.5. The second-order valence-corrected chi connectivity index (χ2v) is 4.47. The van der Waals surface area contributed by atoms with E-state index in [-0.39, 0.29) is 29.5 Å². The van der Waals surface area contributed by atoms with E-state index < -0.39 is 4.92 Å². The van der Waals surface area contributed by atoms with Gasteiger partial charge in [-0.25, -0.2) is 10.8 Å². The normalized spacial score (nSPS) is 22.2. The fourth-order valence-corrected chi connectivity index (χ4v) is 2.19. The standard InChI is InChI=1S/C10H16N6O3/c11-15-10-13-5-7(16(18)19)9(14-10)12-4-6-2-1-3-8(6)17/h5-6,8,17H,1-4,11H2,(H2,12,13,14,15). The lowest BCUT2D eigenvalue weighted by molar-refractivity contribution is -0.384. The van der Waals surface area contributed by atoms with Crippen LogP contribution in [0.15, 0.2) is 6.20 Å². The molecule has 2 unspecified atom stereocenters. The van der Waals surface area contributed by atoms with Crippen LogP contribution >= 0.6 is 0 Å². The molecule has 5 N–H and O–H groups in total. The maximum atomic E-state index is 10.9. The molecule has 2 rings (SSSR count). The molecule has 19 heavy (non-hydrogen) atoms. The monoisotopic (exact) mass is 268 g/mol. The Labute approximate surface area is 109 Å². The zero-order valence-electron chi connectivity index (χ0n) is 10.2. The van der Waals surface area contributed by atoms with E-state index >= 15 is 0 Å². The number of hydrogen-bond donors (Lipinski definition) is 4. The van der Waals surface area contributed by atoms with Crippen molar-refractivity contribution in [2.24, 2.45) is 11.8 Å². The van der Waals surface area contributed by atoms with E-state index in [2.05, 4.69) is 20.7 Å². The minimum absolute atomic E-state index is 0.0869. The summed E-state index contributed by atoms with van der Waals surface area (Å²) in [5.74, 6) is 5.46. The van der Waals surface area contributed by atoms with Gasteiger partial charge in [-0.05, 0) is 12.8 Å². The SMILES string of the molecule is NNc1ncc([N+](=O)[O-])c(NCC2CCCC2O)n1. The number of hydrazine groups is 1. The van der Waals surface area contributed by atoms with E-state index in [1.807, 2.05) is 0 Å². The molecule has 104 valence electrons. The van der Waals surface area contributed by atoms with Crippen molar-refractivity contribution in [1.82, 2.24) is 9.97 Å². The number of aromatic nitrogens is 2. The lowest BCUT2D eigenvalue weighted by Gasteiger charge is -2.15. The number of nitrogens with zero attached hydrogens (tertiary/aromatic N) is 3. The van der Waals surface area contributed by atoms with Crippen molar-refractivity contribution in [1.29, 1.82) is 0 Å². The van der Waals surface area contributed by atoms with E-state index in [4.69, 9.17) is 5.84 Å². The summed E-state index contributed by atoms with van der Waals surface area (Å²) < 4.78 is 0. The fraction of sp³-hybridized carbons (Fsp3) is 0.600. The summed E-state index contributed by atoms with van der Waals surface area (Å²) in [5.41, 5.74) is 2.02. The van der Waals surface area contributed by atoms with Gasteiger partial charge in [-0.15, -0.1) is 0 Å². The van der Waals surface area contributed by atoms with E-state index in [0.717, 1.165) is 25.5 Å². The minimum atomic E-state index is -0.562. The molecule has 2 atom stereocenters. The Hall–Kier alpha value is -2.00. The number of anilines is 2. The van der Waals surface area contributed by atoms with Crippen LogP contribution in [0.25, 0.3) is 0 Å². The molecule has 0 spiro atoms.